The van der Waals surface area contributed by atoms with Gasteiger partial charge in [0.05, 0.1) is 15.6 Å². The zero-order valence-electron chi connectivity index (χ0n) is 28.9. The van der Waals surface area contributed by atoms with Crippen molar-refractivity contribution in [1.29, 1.82) is 0 Å². The predicted molar refractivity (Wildman–Crippen MR) is 218 cm³/mol. The first kappa shape index (κ1) is 37.3. The lowest BCUT2D eigenvalue weighted by atomic mass is 10.0. The molecule has 15 N–H and O–H groups in total. The van der Waals surface area contributed by atoms with E-state index in [1.165, 1.54) is 5.56 Å². The molecule has 0 bridgehead atoms. The molecule has 0 radical (unpaired) electrons. The van der Waals surface area contributed by atoms with Crippen molar-refractivity contribution in [3.63, 3.8) is 0 Å². The van der Waals surface area contributed by atoms with Crippen molar-refractivity contribution in [2.75, 3.05) is 26.2 Å². The van der Waals surface area contributed by atoms with E-state index in [1.807, 2.05) is 18.5 Å². The first-order chi connectivity index (χ1) is 25.0. The highest BCUT2D eigenvalue weighted by molar-refractivity contribution is 7.18. The van der Waals surface area contributed by atoms with Crippen LogP contribution in [-0.4, -0.2) is 54.0 Å². The molecular formula is C37H45N13S2. The Balaban J connectivity index is 1.39. The van der Waals surface area contributed by atoms with Gasteiger partial charge in [-0.1, -0.05) is 61.2 Å². The molecule has 52 heavy (non-hydrogen) atoms. The van der Waals surface area contributed by atoms with E-state index in [9.17, 15) is 0 Å². The number of benzene rings is 3. The first-order valence-corrected chi connectivity index (χ1v) is 18.3. The molecule has 0 aliphatic heterocycles. The normalized spacial score (nSPS) is 10.8. The quantitative estimate of drug-likeness (QED) is 0.0511. The molecule has 0 fully saturated rings. The van der Waals surface area contributed by atoms with Gasteiger partial charge in [-0.3, -0.25) is 15.0 Å². The van der Waals surface area contributed by atoms with Crippen molar-refractivity contribution < 1.29 is 0 Å². The van der Waals surface area contributed by atoms with Gasteiger partial charge in [0.15, 0.2) is 17.9 Å². The van der Waals surface area contributed by atoms with Crippen LogP contribution in [0.1, 0.15) is 22.3 Å². The van der Waals surface area contributed by atoms with Gasteiger partial charge in [-0.25, -0.2) is 9.97 Å². The molecule has 0 aliphatic carbocycles. The fourth-order valence-electron chi connectivity index (χ4n) is 5.56. The van der Waals surface area contributed by atoms with Gasteiger partial charge in [-0.05, 0) is 65.1 Å². The highest BCUT2D eigenvalue weighted by atomic mass is 32.1. The van der Waals surface area contributed by atoms with Crippen molar-refractivity contribution in [2.24, 2.45) is 55.1 Å². The SMILES string of the molecule is C=C(N)NCCc1cc(CCN=C(N)N)cc(-c2cnc(-c3cccc(-c4ncc(-c5cc(CCN=C(N)N)cc(CCN=C(N)N)c5)s4)c3)s2)c1. The maximum atomic E-state index is 5.72. The van der Waals surface area contributed by atoms with Crippen molar-refractivity contribution in [3.05, 3.63) is 108 Å². The molecule has 0 saturated heterocycles. The molecule has 13 nitrogen and oxygen atoms in total. The average molecular weight is 736 g/mol. The summed E-state index contributed by atoms with van der Waals surface area (Å²) < 4.78 is 0. The van der Waals surface area contributed by atoms with E-state index in [4.69, 9.17) is 50.1 Å². The molecule has 15 heteroatoms. The Labute approximate surface area is 311 Å². The van der Waals surface area contributed by atoms with E-state index in [1.54, 1.807) is 22.7 Å². The van der Waals surface area contributed by atoms with Gasteiger partial charge in [0.25, 0.3) is 0 Å². The largest absolute Gasteiger partial charge is 0.386 e. The number of nitrogens with two attached hydrogens (primary N) is 7. The molecule has 0 aliphatic rings. The second-order valence-corrected chi connectivity index (χ2v) is 14.1. The number of nitrogens with one attached hydrogen (secondary N) is 1. The fourth-order valence-corrected chi connectivity index (χ4v) is 7.36. The van der Waals surface area contributed by atoms with Gasteiger partial charge >= 0.3 is 0 Å². The number of rotatable bonds is 17. The van der Waals surface area contributed by atoms with Crippen molar-refractivity contribution in [2.45, 2.75) is 25.7 Å². The lowest BCUT2D eigenvalue weighted by molar-refractivity contribution is 0.781. The number of hydrogen-bond acceptors (Lipinski definition) is 9. The van der Waals surface area contributed by atoms with Crippen molar-refractivity contribution in [1.82, 2.24) is 15.3 Å². The summed E-state index contributed by atoms with van der Waals surface area (Å²) in [5.41, 5.74) is 47.8. The van der Waals surface area contributed by atoms with E-state index < -0.39 is 0 Å². The minimum absolute atomic E-state index is 0.0748. The molecule has 270 valence electrons. The van der Waals surface area contributed by atoms with Gasteiger partial charge in [0.1, 0.15) is 10.0 Å². The summed E-state index contributed by atoms with van der Waals surface area (Å²) in [5.74, 6) is 0.680. The Morgan fingerprint density at radius 3 is 1.35 bits per heavy atom. The number of hydrogen-bond donors (Lipinski definition) is 8. The molecule has 2 heterocycles. The topological polar surface area (TPSA) is 257 Å². The highest BCUT2D eigenvalue weighted by Gasteiger charge is 2.13. The van der Waals surface area contributed by atoms with Crippen molar-refractivity contribution >= 4 is 40.6 Å². The zero-order valence-corrected chi connectivity index (χ0v) is 30.5. The van der Waals surface area contributed by atoms with Crippen LogP contribution < -0.4 is 45.5 Å². The summed E-state index contributed by atoms with van der Waals surface area (Å²) in [6.45, 7) is 5.90. The number of aliphatic imine (C=N–C) groups is 3. The summed E-state index contributed by atoms with van der Waals surface area (Å²) in [6.07, 6.45) is 6.72. The minimum atomic E-state index is 0.0748. The third-order valence-electron chi connectivity index (χ3n) is 7.89. The molecule has 0 atom stereocenters. The molecule has 0 spiro atoms. The van der Waals surface area contributed by atoms with E-state index in [2.05, 4.69) is 81.5 Å². The van der Waals surface area contributed by atoms with Crippen LogP contribution in [0.2, 0.25) is 0 Å². The first-order valence-electron chi connectivity index (χ1n) is 16.7. The van der Waals surface area contributed by atoms with Crippen molar-refractivity contribution in [3.8, 4) is 42.0 Å². The molecule has 2 aromatic heterocycles. The molecule has 0 unspecified atom stereocenters. The van der Waals surface area contributed by atoms with Crippen LogP contribution in [0, 0.1) is 0 Å². The number of thiazole rings is 2. The van der Waals surface area contributed by atoms with Crippen LogP contribution in [-0.2, 0) is 25.7 Å². The Morgan fingerprint density at radius 2 is 0.962 bits per heavy atom. The number of guanidine groups is 3. The van der Waals surface area contributed by atoms with Gasteiger partial charge in [0, 0.05) is 49.7 Å². The second kappa shape index (κ2) is 17.8. The van der Waals surface area contributed by atoms with E-state index in [-0.39, 0.29) is 17.9 Å². The maximum absolute atomic E-state index is 5.72. The highest BCUT2D eigenvalue weighted by Crippen LogP contribution is 2.37. The molecule has 3 aromatic carbocycles. The predicted octanol–water partition coefficient (Wildman–Crippen LogP) is 3.28. The number of aromatic nitrogens is 2. The van der Waals surface area contributed by atoms with E-state index in [0.29, 0.717) is 51.3 Å². The monoisotopic (exact) mass is 735 g/mol. The molecular weight excluding hydrogens is 691 g/mol. The molecule has 0 saturated carbocycles. The van der Waals surface area contributed by atoms with Crippen LogP contribution in [0.3, 0.4) is 0 Å². The summed E-state index contributed by atoms with van der Waals surface area (Å²) in [7, 11) is 0. The van der Waals surface area contributed by atoms with Gasteiger partial charge < -0.3 is 45.5 Å². The average Bonchev–Trinajstić information content (AvgIpc) is 3.79. The number of nitrogens with zero attached hydrogens (tertiary/aromatic N) is 5. The summed E-state index contributed by atoms with van der Waals surface area (Å²) in [6, 6.07) is 21.3. The lowest BCUT2D eigenvalue weighted by Crippen LogP contribution is -2.23. The lowest BCUT2D eigenvalue weighted by Gasteiger charge is -2.10. The summed E-state index contributed by atoms with van der Waals surface area (Å²) in [5, 5.41) is 4.93. The Bertz CT molecular complexity index is 2040. The van der Waals surface area contributed by atoms with Crippen LogP contribution in [0.5, 0.6) is 0 Å². The molecule has 5 rings (SSSR count). The minimum Gasteiger partial charge on any atom is -0.386 e. The van der Waals surface area contributed by atoms with Crippen LogP contribution in [0.15, 0.2) is 100 Å². The Morgan fingerprint density at radius 1 is 0.558 bits per heavy atom. The third kappa shape index (κ3) is 11.0. The fraction of sp³-hybridized carbons (Fsp3) is 0.216. The van der Waals surface area contributed by atoms with Crippen LogP contribution >= 0.6 is 22.7 Å². The van der Waals surface area contributed by atoms with Gasteiger partial charge in [-0.2, -0.15) is 0 Å². The summed E-state index contributed by atoms with van der Waals surface area (Å²) >= 11 is 3.28. The third-order valence-corrected chi connectivity index (χ3v) is 10.1. The smallest absolute Gasteiger partial charge is 0.185 e. The van der Waals surface area contributed by atoms with E-state index in [0.717, 1.165) is 65.1 Å². The molecule has 5 aromatic rings. The van der Waals surface area contributed by atoms with Crippen LogP contribution in [0.25, 0.3) is 42.0 Å². The Hall–Kier alpha value is -5.93. The van der Waals surface area contributed by atoms with Crippen LogP contribution in [0.4, 0.5) is 0 Å². The maximum Gasteiger partial charge on any atom is 0.185 e. The Kier molecular flexibility index (Phi) is 12.8. The van der Waals surface area contributed by atoms with E-state index >= 15 is 0 Å². The van der Waals surface area contributed by atoms with Gasteiger partial charge in [-0.15, -0.1) is 22.7 Å². The zero-order chi connectivity index (χ0) is 37.0. The standard InChI is InChI=1S/C37H45N13S2/c1-22(38)45-9-5-23-13-24(6-10-46-35(39)40)16-29(15-23)31-20-49-33(51-31)27-3-2-4-28(19-27)34-50-21-32(52-34)30-17-25(7-11-47-36(41)42)14-26(18-30)8-12-48-37(43)44/h2-4,13-21,45H,1,5-12,38H2,(H4,39,40,46)(H4,41,42,47)(H4,43,44,48). The molecule has 0 amide bonds. The second-order valence-electron chi connectivity index (χ2n) is 12.1. The van der Waals surface area contributed by atoms with Gasteiger partial charge in [0.2, 0.25) is 0 Å². The summed E-state index contributed by atoms with van der Waals surface area (Å²) in [4.78, 5) is 24.2.